The predicted molar refractivity (Wildman–Crippen MR) is 65.3 cm³/mol. The van der Waals surface area contributed by atoms with E-state index >= 15 is 0 Å². The van der Waals surface area contributed by atoms with E-state index in [1.54, 1.807) is 0 Å². The molecule has 2 N–H and O–H groups in total. The molecule has 2 atom stereocenters. The summed E-state index contributed by atoms with van der Waals surface area (Å²) in [6.45, 7) is 7.57. The van der Waals surface area contributed by atoms with E-state index < -0.39 is 17.2 Å². The molecule has 2 rings (SSSR count). The van der Waals surface area contributed by atoms with Crippen LogP contribution in [-0.2, 0) is 0 Å². The van der Waals surface area contributed by atoms with E-state index in [1.165, 1.54) is 5.06 Å². The zero-order chi connectivity index (χ0) is 12.8. The topological polar surface area (TPSA) is 51.0 Å². The monoisotopic (exact) mass is 236 g/mol. The van der Waals surface area contributed by atoms with Gasteiger partial charge in [0.1, 0.15) is 11.1 Å². The second kappa shape index (κ2) is 3.78. The van der Waals surface area contributed by atoms with Gasteiger partial charge in [-0.15, -0.1) is 5.06 Å². The van der Waals surface area contributed by atoms with Crippen LogP contribution in [0.2, 0.25) is 0 Å². The summed E-state index contributed by atoms with van der Waals surface area (Å²) in [7, 11) is 0. The molecule has 0 saturated carbocycles. The summed E-state index contributed by atoms with van der Waals surface area (Å²) in [4.78, 5) is 0. The molecular weight excluding hydrogens is 216 g/mol. The molecule has 1 heterocycles. The molecule has 94 valence electrons. The molecule has 1 fully saturated rings. The number of quaternary nitrogens is 1. The Morgan fingerprint density at radius 2 is 1.71 bits per heavy atom. The maximum Gasteiger partial charge on any atom is 0.192 e. The van der Waals surface area contributed by atoms with Crippen molar-refractivity contribution in [2.45, 2.75) is 44.9 Å². The minimum Gasteiger partial charge on any atom is -0.632 e. The molecule has 0 radical (unpaired) electrons. The molecule has 1 aliphatic heterocycles. The van der Waals surface area contributed by atoms with E-state index in [1.807, 2.05) is 58.0 Å². The highest BCUT2D eigenvalue weighted by atomic mass is 16.6. The summed E-state index contributed by atoms with van der Waals surface area (Å²) in [6, 6.07) is 9.43. The summed E-state index contributed by atoms with van der Waals surface area (Å²) >= 11 is 0. The first-order valence-corrected chi connectivity index (χ1v) is 5.87. The third-order valence-electron chi connectivity index (χ3n) is 4.33. The van der Waals surface area contributed by atoms with Gasteiger partial charge in [0, 0.05) is 5.56 Å². The van der Waals surface area contributed by atoms with Gasteiger partial charge in [-0.25, -0.2) is 0 Å². The van der Waals surface area contributed by atoms with E-state index in [0.717, 1.165) is 5.56 Å². The van der Waals surface area contributed by atoms with E-state index in [0.29, 0.717) is 0 Å². The van der Waals surface area contributed by atoms with Crippen molar-refractivity contribution < 1.29 is 10.3 Å². The standard InChI is InChI=1S/C13H20N2O2/c1-12(2)13(3,4)15(17)11(14(12)16)10-8-6-5-7-9-10/h5-9,11,14,17H,1-4H3. The van der Waals surface area contributed by atoms with Crippen molar-refractivity contribution in [3.8, 4) is 0 Å². The highest BCUT2D eigenvalue weighted by Gasteiger charge is 2.59. The fraction of sp³-hybridized carbons (Fsp3) is 0.538. The van der Waals surface area contributed by atoms with Crippen LogP contribution in [0.15, 0.2) is 30.3 Å². The van der Waals surface area contributed by atoms with Gasteiger partial charge in [-0.2, -0.15) is 0 Å². The van der Waals surface area contributed by atoms with Crippen molar-refractivity contribution in [1.29, 1.82) is 0 Å². The Hall–Kier alpha value is -0.940. The largest absolute Gasteiger partial charge is 0.632 e. The smallest absolute Gasteiger partial charge is 0.192 e. The summed E-state index contributed by atoms with van der Waals surface area (Å²) in [6.07, 6.45) is -0.554. The zero-order valence-electron chi connectivity index (χ0n) is 10.8. The summed E-state index contributed by atoms with van der Waals surface area (Å²) < 4.78 is 0. The van der Waals surface area contributed by atoms with Crippen molar-refractivity contribution in [3.63, 3.8) is 0 Å². The van der Waals surface area contributed by atoms with Gasteiger partial charge in [0.05, 0.1) is 0 Å². The SMILES string of the molecule is CC1(C)N(O)C(c2ccccc2)[NH+]([O-])C1(C)C. The number of hydrogen-bond acceptors (Lipinski definition) is 3. The molecule has 0 bridgehead atoms. The van der Waals surface area contributed by atoms with Crippen LogP contribution in [0, 0.1) is 5.21 Å². The molecule has 17 heavy (non-hydrogen) atoms. The summed E-state index contributed by atoms with van der Waals surface area (Å²) in [5.74, 6) is 0. The van der Waals surface area contributed by atoms with Gasteiger partial charge in [-0.3, -0.25) is 0 Å². The van der Waals surface area contributed by atoms with Crippen LogP contribution in [0.5, 0.6) is 0 Å². The molecule has 0 amide bonds. The molecule has 1 saturated heterocycles. The lowest BCUT2D eigenvalue weighted by Crippen LogP contribution is -3.14. The Kier molecular flexibility index (Phi) is 2.78. The Morgan fingerprint density at radius 3 is 2.12 bits per heavy atom. The Morgan fingerprint density at radius 1 is 1.18 bits per heavy atom. The van der Waals surface area contributed by atoms with Crippen LogP contribution >= 0.6 is 0 Å². The van der Waals surface area contributed by atoms with Crippen LogP contribution in [0.1, 0.15) is 39.4 Å². The fourth-order valence-corrected chi connectivity index (χ4v) is 2.29. The zero-order valence-corrected chi connectivity index (χ0v) is 10.8. The van der Waals surface area contributed by atoms with Gasteiger partial charge in [0.25, 0.3) is 0 Å². The number of hydroxylamine groups is 4. The molecule has 0 spiro atoms. The van der Waals surface area contributed by atoms with Crippen molar-refractivity contribution in [2.24, 2.45) is 0 Å². The molecule has 2 unspecified atom stereocenters. The maximum absolute atomic E-state index is 12.5. The lowest BCUT2D eigenvalue weighted by molar-refractivity contribution is -0.925. The summed E-state index contributed by atoms with van der Waals surface area (Å²) in [5, 5.41) is 24.0. The first-order chi connectivity index (χ1) is 7.80. The quantitative estimate of drug-likeness (QED) is 0.723. The second-order valence-electron chi connectivity index (χ2n) is 5.71. The predicted octanol–water partition coefficient (Wildman–Crippen LogP) is 1.33. The molecular formula is C13H20N2O2. The van der Waals surface area contributed by atoms with Crippen molar-refractivity contribution in [3.05, 3.63) is 41.1 Å². The van der Waals surface area contributed by atoms with E-state index in [9.17, 15) is 10.4 Å². The van der Waals surface area contributed by atoms with Crippen molar-refractivity contribution in [1.82, 2.24) is 5.06 Å². The maximum atomic E-state index is 12.5. The van der Waals surface area contributed by atoms with Crippen LogP contribution in [0.25, 0.3) is 0 Å². The molecule has 4 heteroatoms. The molecule has 1 aromatic carbocycles. The van der Waals surface area contributed by atoms with Gasteiger partial charge >= 0.3 is 0 Å². The van der Waals surface area contributed by atoms with E-state index in [-0.39, 0.29) is 5.06 Å². The third kappa shape index (κ3) is 1.60. The lowest BCUT2D eigenvalue weighted by Gasteiger charge is -2.39. The average molecular weight is 236 g/mol. The fourth-order valence-electron chi connectivity index (χ4n) is 2.29. The van der Waals surface area contributed by atoms with Gasteiger partial charge in [0.15, 0.2) is 6.17 Å². The second-order valence-corrected chi connectivity index (χ2v) is 5.71. The van der Waals surface area contributed by atoms with Crippen molar-refractivity contribution >= 4 is 0 Å². The number of nitrogens with zero attached hydrogens (tertiary/aromatic N) is 1. The number of nitrogens with one attached hydrogen (secondary N) is 1. The van der Waals surface area contributed by atoms with Crippen LogP contribution in [-0.4, -0.2) is 21.3 Å². The van der Waals surface area contributed by atoms with E-state index in [2.05, 4.69) is 0 Å². The molecule has 4 nitrogen and oxygen atoms in total. The number of rotatable bonds is 1. The van der Waals surface area contributed by atoms with Crippen molar-refractivity contribution in [2.75, 3.05) is 0 Å². The van der Waals surface area contributed by atoms with Gasteiger partial charge in [-0.1, -0.05) is 30.3 Å². The Bertz CT molecular complexity index is 383. The molecule has 1 aliphatic rings. The first kappa shape index (κ1) is 12.5. The van der Waals surface area contributed by atoms with Gasteiger partial charge in [0.2, 0.25) is 0 Å². The number of benzene rings is 1. The Labute approximate surface area is 102 Å². The normalized spacial score (nSPS) is 31.6. The highest BCUT2D eigenvalue weighted by molar-refractivity contribution is 5.19. The van der Waals surface area contributed by atoms with Gasteiger partial charge in [-0.05, 0) is 27.7 Å². The van der Waals surface area contributed by atoms with Crippen LogP contribution in [0.3, 0.4) is 0 Å². The highest BCUT2D eigenvalue weighted by Crippen LogP contribution is 2.36. The molecule has 1 aromatic rings. The minimum atomic E-state index is -0.567. The first-order valence-electron chi connectivity index (χ1n) is 5.87. The molecule has 0 aromatic heterocycles. The summed E-state index contributed by atoms with van der Waals surface area (Å²) in [5.41, 5.74) is -0.286. The lowest BCUT2D eigenvalue weighted by atomic mass is 9.84. The van der Waals surface area contributed by atoms with Crippen LogP contribution < -0.4 is 5.06 Å². The number of hydrogen-bond donors (Lipinski definition) is 2. The van der Waals surface area contributed by atoms with E-state index in [4.69, 9.17) is 0 Å². The third-order valence-corrected chi connectivity index (χ3v) is 4.33. The molecule has 0 aliphatic carbocycles. The Balaban J connectivity index is 2.45. The minimum absolute atomic E-state index is 0.0659. The van der Waals surface area contributed by atoms with Crippen LogP contribution in [0.4, 0.5) is 0 Å². The average Bonchev–Trinajstić information content (AvgIpc) is 2.40. The van der Waals surface area contributed by atoms with Gasteiger partial charge < -0.3 is 15.5 Å².